The number of aromatic nitrogens is 2. The molecule has 1 aromatic carbocycles. The number of carbonyl (C=O) groups is 1. The van der Waals surface area contributed by atoms with Crippen molar-refractivity contribution in [2.24, 2.45) is 0 Å². The molecule has 0 aliphatic rings. The molecule has 2 heterocycles. The molecule has 25 heavy (non-hydrogen) atoms. The second-order valence-electron chi connectivity index (χ2n) is 5.84. The Kier molecular flexibility index (Phi) is 5.23. The molecular formula is C18H18FN3O2S. The lowest BCUT2D eigenvalue weighted by molar-refractivity contribution is 0.0709. The summed E-state index contributed by atoms with van der Waals surface area (Å²) in [6, 6.07) is 9.66. The van der Waals surface area contributed by atoms with Crippen molar-refractivity contribution in [3.63, 3.8) is 0 Å². The number of carbonyl (C=O) groups excluding carboxylic acids is 1. The van der Waals surface area contributed by atoms with Gasteiger partial charge in [0.1, 0.15) is 5.82 Å². The zero-order valence-electron chi connectivity index (χ0n) is 14.0. The Morgan fingerprint density at radius 1 is 1.28 bits per heavy atom. The van der Waals surface area contributed by atoms with Crippen LogP contribution in [-0.4, -0.2) is 33.5 Å². The van der Waals surface area contributed by atoms with Crippen molar-refractivity contribution in [2.75, 3.05) is 6.54 Å². The molecule has 0 fully saturated rings. The van der Waals surface area contributed by atoms with Crippen LogP contribution in [0.5, 0.6) is 0 Å². The van der Waals surface area contributed by atoms with Crippen LogP contribution in [0.2, 0.25) is 0 Å². The van der Waals surface area contributed by atoms with E-state index in [9.17, 15) is 9.18 Å². The quantitative estimate of drug-likeness (QED) is 0.667. The molecule has 0 atom stereocenters. The first-order valence-electron chi connectivity index (χ1n) is 7.97. The van der Waals surface area contributed by atoms with E-state index >= 15 is 0 Å². The molecule has 3 rings (SSSR count). The highest BCUT2D eigenvalue weighted by Gasteiger charge is 2.20. The molecule has 0 saturated heterocycles. The lowest BCUT2D eigenvalue weighted by atomic mass is 10.2. The molecule has 2 aromatic heterocycles. The predicted octanol–water partition coefficient (Wildman–Crippen LogP) is 4.03. The van der Waals surface area contributed by atoms with E-state index in [2.05, 4.69) is 10.1 Å². The van der Waals surface area contributed by atoms with Gasteiger partial charge in [0.25, 0.3) is 5.91 Å². The third kappa shape index (κ3) is 4.11. The van der Waals surface area contributed by atoms with Crippen LogP contribution in [-0.2, 0) is 6.42 Å². The Morgan fingerprint density at radius 2 is 2.04 bits per heavy atom. The molecule has 0 unspecified atom stereocenters. The number of hydrogen-bond donors (Lipinski definition) is 0. The fourth-order valence-electron chi connectivity index (χ4n) is 2.42. The number of nitrogens with zero attached hydrogens (tertiary/aromatic N) is 3. The molecule has 0 aliphatic carbocycles. The van der Waals surface area contributed by atoms with Gasteiger partial charge in [0, 0.05) is 24.6 Å². The van der Waals surface area contributed by atoms with Crippen LogP contribution in [0.3, 0.4) is 0 Å². The highest BCUT2D eigenvalue weighted by atomic mass is 32.1. The maximum absolute atomic E-state index is 13.0. The lowest BCUT2D eigenvalue weighted by Crippen LogP contribution is -2.38. The second-order valence-corrected chi connectivity index (χ2v) is 6.79. The average Bonchev–Trinajstić information content (AvgIpc) is 3.27. The summed E-state index contributed by atoms with van der Waals surface area (Å²) in [7, 11) is 0. The van der Waals surface area contributed by atoms with E-state index in [1.165, 1.54) is 23.5 Å². The van der Waals surface area contributed by atoms with Gasteiger partial charge >= 0.3 is 0 Å². The maximum Gasteiger partial charge on any atom is 0.264 e. The standard InChI is InChI=1S/C18H18FN3O2S/c1-12(2)22(18(23)15-4-3-11-25-15)10-9-16-20-17(21-24-16)13-5-7-14(19)8-6-13/h3-8,11-12H,9-10H2,1-2H3. The average molecular weight is 359 g/mol. The Bertz CT molecular complexity index is 828. The van der Waals surface area contributed by atoms with Crippen molar-refractivity contribution in [2.45, 2.75) is 26.3 Å². The molecule has 7 heteroatoms. The summed E-state index contributed by atoms with van der Waals surface area (Å²) < 4.78 is 18.2. The molecule has 0 radical (unpaired) electrons. The number of halogens is 1. The molecule has 0 N–H and O–H groups in total. The van der Waals surface area contributed by atoms with Crippen LogP contribution >= 0.6 is 11.3 Å². The van der Waals surface area contributed by atoms with Gasteiger partial charge in [0.2, 0.25) is 11.7 Å². The summed E-state index contributed by atoms with van der Waals surface area (Å²) in [5.74, 6) is 0.551. The van der Waals surface area contributed by atoms with Crippen LogP contribution in [0, 0.1) is 5.82 Å². The van der Waals surface area contributed by atoms with Gasteiger partial charge in [0.15, 0.2) is 0 Å². The van der Waals surface area contributed by atoms with Gasteiger partial charge in [-0.05, 0) is 49.6 Å². The van der Waals surface area contributed by atoms with Gasteiger partial charge in [0.05, 0.1) is 4.88 Å². The third-order valence-corrected chi connectivity index (χ3v) is 4.61. The molecule has 5 nitrogen and oxygen atoms in total. The van der Waals surface area contributed by atoms with Crippen LogP contribution in [0.4, 0.5) is 4.39 Å². The largest absolute Gasteiger partial charge is 0.339 e. The number of thiophene rings is 1. The van der Waals surface area contributed by atoms with Crippen LogP contribution in [0.25, 0.3) is 11.4 Å². The normalized spacial score (nSPS) is 11.0. The first kappa shape index (κ1) is 17.3. The topological polar surface area (TPSA) is 59.2 Å². The van der Waals surface area contributed by atoms with Crippen LogP contribution < -0.4 is 0 Å². The Morgan fingerprint density at radius 3 is 2.68 bits per heavy atom. The van der Waals surface area contributed by atoms with Crippen molar-refractivity contribution in [1.29, 1.82) is 0 Å². The summed E-state index contributed by atoms with van der Waals surface area (Å²) >= 11 is 1.43. The maximum atomic E-state index is 13.0. The van der Waals surface area contributed by atoms with Crippen molar-refractivity contribution in [3.05, 3.63) is 58.4 Å². The SMILES string of the molecule is CC(C)N(CCc1nc(-c2ccc(F)cc2)no1)C(=O)c1cccs1. The molecular weight excluding hydrogens is 341 g/mol. The van der Waals surface area contributed by atoms with Gasteiger partial charge in [-0.15, -0.1) is 11.3 Å². The minimum atomic E-state index is -0.313. The van der Waals surface area contributed by atoms with Crippen LogP contribution in [0.1, 0.15) is 29.4 Å². The van der Waals surface area contributed by atoms with Crippen LogP contribution in [0.15, 0.2) is 46.3 Å². The molecule has 130 valence electrons. The smallest absolute Gasteiger partial charge is 0.264 e. The van der Waals surface area contributed by atoms with E-state index in [1.54, 1.807) is 17.0 Å². The monoisotopic (exact) mass is 359 g/mol. The number of benzene rings is 1. The highest BCUT2D eigenvalue weighted by molar-refractivity contribution is 7.12. The summed E-state index contributed by atoms with van der Waals surface area (Å²) in [6.45, 7) is 4.44. The van der Waals surface area contributed by atoms with E-state index in [0.717, 1.165) is 0 Å². The zero-order valence-corrected chi connectivity index (χ0v) is 14.8. The Labute approximate surface area is 149 Å². The zero-order chi connectivity index (χ0) is 17.8. The van der Waals surface area contributed by atoms with Gasteiger partial charge in [-0.2, -0.15) is 4.98 Å². The Balaban J connectivity index is 1.67. The minimum Gasteiger partial charge on any atom is -0.339 e. The van der Waals surface area contributed by atoms with Gasteiger partial charge < -0.3 is 9.42 Å². The fraction of sp³-hybridized carbons (Fsp3) is 0.278. The summed E-state index contributed by atoms with van der Waals surface area (Å²) in [5, 5.41) is 5.81. The third-order valence-electron chi connectivity index (χ3n) is 3.75. The van der Waals surface area contributed by atoms with E-state index in [0.29, 0.717) is 35.1 Å². The van der Waals surface area contributed by atoms with E-state index in [4.69, 9.17) is 4.52 Å². The van der Waals surface area contributed by atoms with Gasteiger partial charge in [-0.3, -0.25) is 4.79 Å². The molecule has 0 aliphatic heterocycles. The van der Waals surface area contributed by atoms with Crippen molar-refractivity contribution >= 4 is 17.2 Å². The lowest BCUT2D eigenvalue weighted by Gasteiger charge is -2.25. The second kappa shape index (κ2) is 7.57. The molecule has 1 amide bonds. The molecule has 0 saturated carbocycles. The summed E-state index contributed by atoms with van der Waals surface area (Å²) in [6.07, 6.45) is 0.462. The predicted molar refractivity (Wildman–Crippen MR) is 93.9 cm³/mol. The van der Waals surface area contributed by atoms with E-state index in [1.807, 2.05) is 31.4 Å². The highest BCUT2D eigenvalue weighted by Crippen LogP contribution is 2.18. The van der Waals surface area contributed by atoms with Crippen molar-refractivity contribution in [1.82, 2.24) is 15.0 Å². The van der Waals surface area contributed by atoms with Crippen molar-refractivity contribution < 1.29 is 13.7 Å². The number of amides is 1. The summed E-state index contributed by atoms with van der Waals surface area (Å²) in [5.41, 5.74) is 0.687. The van der Waals surface area contributed by atoms with Gasteiger partial charge in [-0.1, -0.05) is 11.2 Å². The molecule has 0 bridgehead atoms. The Hall–Kier alpha value is -2.54. The minimum absolute atomic E-state index is 0.00303. The van der Waals surface area contributed by atoms with Gasteiger partial charge in [-0.25, -0.2) is 4.39 Å². The number of hydrogen-bond acceptors (Lipinski definition) is 5. The first-order chi connectivity index (χ1) is 12.0. The first-order valence-corrected chi connectivity index (χ1v) is 8.85. The molecule has 0 spiro atoms. The molecule has 3 aromatic rings. The fourth-order valence-corrected chi connectivity index (χ4v) is 3.10. The number of rotatable bonds is 6. The van der Waals surface area contributed by atoms with E-state index in [-0.39, 0.29) is 17.8 Å². The van der Waals surface area contributed by atoms with Crippen molar-refractivity contribution in [3.8, 4) is 11.4 Å². The van der Waals surface area contributed by atoms with E-state index < -0.39 is 0 Å². The summed E-state index contributed by atoms with van der Waals surface area (Å²) in [4.78, 5) is 19.4.